The van der Waals surface area contributed by atoms with Gasteiger partial charge in [-0.05, 0) is 18.2 Å². The molecule has 15 heavy (non-hydrogen) atoms. The second-order valence-electron chi connectivity index (χ2n) is 3.51. The highest BCUT2D eigenvalue weighted by molar-refractivity contribution is 9.09. The lowest BCUT2D eigenvalue weighted by molar-refractivity contribution is -0.117. The van der Waals surface area contributed by atoms with Crippen LogP contribution < -0.4 is 10.6 Å². The highest BCUT2D eigenvalue weighted by Crippen LogP contribution is 2.30. The normalized spacial score (nSPS) is 21.1. The third-order valence-corrected chi connectivity index (χ3v) is 2.97. The van der Waals surface area contributed by atoms with E-state index in [1.54, 1.807) is 0 Å². The van der Waals surface area contributed by atoms with E-state index in [-0.39, 0.29) is 16.6 Å². The second kappa shape index (κ2) is 3.81. The molecule has 5 heteroatoms. The number of carbonyl (C=O) groups is 1. The van der Waals surface area contributed by atoms with Gasteiger partial charge in [-0.15, -0.1) is 0 Å². The summed E-state index contributed by atoms with van der Waals surface area (Å²) in [6, 6.07) is 4.04. The van der Waals surface area contributed by atoms with Crippen molar-refractivity contribution in [3.05, 3.63) is 24.0 Å². The number of halogens is 2. The largest absolute Gasteiger partial charge is 0.397 e. The van der Waals surface area contributed by atoms with E-state index in [0.29, 0.717) is 24.3 Å². The quantitative estimate of drug-likeness (QED) is 0.627. The highest BCUT2D eigenvalue weighted by atomic mass is 79.9. The van der Waals surface area contributed by atoms with Gasteiger partial charge in [0, 0.05) is 17.8 Å². The van der Waals surface area contributed by atoms with E-state index < -0.39 is 0 Å². The predicted molar refractivity (Wildman–Crippen MR) is 60.5 cm³/mol. The number of carbonyl (C=O) groups excluding carboxylic acids is 1. The maximum absolute atomic E-state index is 13.0. The average Bonchev–Trinajstić information content (AvgIpc) is 2.50. The van der Waals surface area contributed by atoms with Gasteiger partial charge in [-0.25, -0.2) is 4.39 Å². The molecule has 2 rings (SSSR count). The SMILES string of the molecule is Nc1ccc(F)cc1N1CC(Br)CC1=O. The fourth-order valence-electron chi connectivity index (χ4n) is 1.65. The van der Waals surface area contributed by atoms with E-state index in [4.69, 9.17) is 5.73 Å². The lowest BCUT2D eigenvalue weighted by atomic mass is 10.2. The molecule has 1 saturated heterocycles. The van der Waals surface area contributed by atoms with Crippen LogP contribution in [0.4, 0.5) is 15.8 Å². The van der Waals surface area contributed by atoms with Gasteiger partial charge >= 0.3 is 0 Å². The van der Waals surface area contributed by atoms with Crippen LogP contribution in [-0.4, -0.2) is 17.3 Å². The number of hydrogen-bond donors (Lipinski definition) is 1. The van der Waals surface area contributed by atoms with Gasteiger partial charge in [0.05, 0.1) is 11.4 Å². The van der Waals surface area contributed by atoms with E-state index in [0.717, 1.165) is 0 Å². The van der Waals surface area contributed by atoms with Crippen LogP contribution in [0.25, 0.3) is 0 Å². The summed E-state index contributed by atoms with van der Waals surface area (Å²) in [5.41, 5.74) is 6.58. The van der Waals surface area contributed by atoms with Crippen molar-refractivity contribution < 1.29 is 9.18 Å². The van der Waals surface area contributed by atoms with Crippen molar-refractivity contribution in [3.63, 3.8) is 0 Å². The fraction of sp³-hybridized carbons (Fsp3) is 0.300. The molecule has 0 aliphatic carbocycles. The van der Waals surface area contributed by atoms with Gasteiger partial charge < -0.3 is 10.6 Å². The van der Waals surface area contributed by atoms with Gasteiger partial charge in [0.1, 0.15) is 5.82 Å². The first-order chi connectivity index (χ1) is 7.08. The van der Waals surface area contributed by atoms with Crippen LogP contribution in [0.15, 0.2) is 18.2 Å². The lowest BCUT2D eigenvalue weighted by Gasteiger charge is -2.17. The Labute approximate surface area is 95.2 Å². The molecule has 1 fully saturated rings. The number of benzene rings is 1. The number of hydrogen-bond acceptors (Lipinski definition) is 2. The van der Waals surface area contributed by atoms with E-state index in [2.05, 4.69) is 15.9 Å². The Morgan fingerprint density at radius 2 is 2.27 bits per heavy atom. The summed E-state index contributed by atoms with van der Waals surface area (Å²) in [7, 11) is 0. The van der Waals surface area contributed by atoms with Gasteiger partial charge in [-0.3, -0.25) is 4.79 Å². The minimum absolute atomic E-state index is 0.0332. The Morgan fingerprint density at radius 3 is 2.87 bits per heavy atom. The molecule has 1 aromatic carbocycles. The van der Waals surface area contributed by atoms with Crippen LogP contribution in [0.2, 0.25) is 0 Å². The number of rotatable bonds is 1. The fourth-order valence-corrected chi connectivity index (χ4v) is 2.21. The summed E-state index contributed by atoms with van der Waals surface area (Å²) in [5.74, 6) is -0.417. The van der Waals surface area contributed by atoms with E-state index >= 15 is 0 Å². The number of nitrogens with two attached hydrogens (primary N) is 1. The molecule has 1 amide bonds. The summed E-state index contributed by atoms with van der Waals surface area (Å²) < 4.78 is 13.0. The van der Waals surface area contributed by atoms with Crippen molar-refractivity contribution in [1.82, 2.24) is 0 Å². The molecule has 1 unspecified atom stereocenters. The zero-order chi connectivity index (χ0) is 11.0. The van der Waals surface area contributed by atoms with Gasteiger partial charge in [0.2, 0.25) is 5.91 Å². The van der Waals surface area contributed by atoms with E-state index in [1.807, 2.05) is 0 Å². The first-order valence-corrected chi connectivity index (χ1v) is 5.49. The molecule has 0 spiro atoms. The molecule has 2 N–H and O–H groups in total. The predicted octanol–water partition coefficient (Wildman–Crippen LogP) is 1.91. The van der Waals surface area contributed by atoms with Crippen LogP contribution in [0, 0.1) is 5.82 Å². The Hall–Kier alpha value is -1.10. The molecule has 1 atom stereocenters. The van der Waals surface area contributed by atoms with Crippen LogP contribution in [0.5, 0.6) is 0 Å². The Morgan fingerprint density at radius 1 is 1.53 bits per heavy atom. The van der Waals surface area contributed by atoms with Gasteiger partial charge in [0.25, 0.3) is 0 Å². The summed E-state index contributed by atoms with van der Waals surface area (Å²) >= 11 is 3.36. The van der Waals surface area contributed by atoms with Crippen molar-refractivity contribution in [1.29, 1.82) is 0 Å². The maximum Gasteiger partial charge on any atom is 0.228 e. The molecule has 1 aromatic rings. The van der Waals surface area contributed by atoms with Crippen LogP contribution in [0.1, 0.15) is 6.42 Å². The molecule has 0 radical (unpaired) electrons. The minimum atomic E-state index is -0.384. The number of amides is 1. The molecule has 80 valence electrons. The highest BCUT2D eigenvalue weighted by Gasteiger charge is 2.29. The third kappa shape index (κ3) is 1.97. The molecule has 1 aliphatic heterocycles. The van der Waals surface area contributed by atoms with Crippen LogP contribution >= 0.6 is 15.9 Å². The van der Waals surface area contributed by atoms with Crippen LogP contribution in [-0.2, 0) is 4.79 Å². The third-order valence-electron chi connectivity index (χ3n) is 2.36. The lowest BCUT2D eigenvalue weighted by Crippen LogP contribution is -2.25. The Bertz CT molecular complexity index is 410. The summed E-state index contributed by atoms with van der Waals surface area (Å²) in [4.78, 5) is 13.2. The molecule has 0 aromatic heterocycles. The monoisotopic (exact) mass is 272 g/mol. The molecule has 1 heterocycles. The van der Waals surface area contributed by atoms with E-state index in [1.165, 1.54) is 23.1 Å². The van der Waals surface area contributed by atoms with Crippen molar-refractivity contribution in [2.24, 2.45) is 0 Å². The first kappa shape index (κ1) is 10.4. The molecule has 1 aliphatic rings. The average molecular weight is 273 g/mol. The standard InChI is InChI=1S/C10H10BrFN2O/c11-6-3-10(15)14(5-6)9-4-7(12)1-2-8(9)13/h1-2,4,6H,3,5,13H2. The number of nitrogens with zero attached hydrogens (tertiary/aromatic N) is 1. The topological polar surface area (TPSA) is 46.3 Å². The molecule has 0 saturated carbocycles. The second-order valence-corrected chi connectivity index (χ2v) is 4.80. The van der Waals surface area contributed by atoms with Crippen molar-refractivity contribution >= 4 is 33.2 Å². The molecular weight excluding hydrogens is 263 g/mol. The van der Waals surface area contributed by atoms with Gasteiger partial charge in [0.15, 0.2) is 0 Å². The van der Waals surface area contributed by atoms with Gasteiger partial charge in [-0.1, -0.05) is 15.9 Å². The van der Waals surface area contributed by atoms with Crippen molar-refractivity contribution in [3.8, 4) is 0 Å². The molecule has 0 bridgehead atoms. The van der Waals surface area contributed by atoms with Crippen LogP contribution in [0.3, 0.4) is 0 Å². The zero-order valence-electron chi connectivity index (χ0n) is 7.91. The maximum atomic E-state index is 13.0. The Kier molecular flexibility index (Phi) is 2.65. The number of anilines is 2. The molecule has 3 nitrogen and oxygen atoms in total. The minimum Gasteiger partial charge on any atom is -0.397 e. The van der Waals surface area contributed by atoms with Crippen molar-refractivity contribution in [2.45, 2.75) is 11.2 Å². The number of nitrogen functional groups attached to an aromatic ring is 1. The summed E-state index contributed by atoms with van der Waals surface area (Å²) in [6.45, 7) is 0.534. The van der Waals surface area contributed by atoms with E-state index in [9.17, 15) is 9.18 Å². The van der Waals surface area contributed by atoms with Crippen molar-refractivity contribution in [2.75, 3.05) is 17.2 Å². The van der Waals surface area contributed by atoms with Gasteiger partial charge in [-0.2, -0.15) is 0 Å². The number of alkyl halides is 1. The summed E-state index contributed by atoms with van der Waals surface area (Å²) in [5, 5.41) is 0. The molecular formula is C10H10BrFN2O. The Balaban J connectivity index is 2.37. The zero-order valence-corrected chi connectivity index (χ0v) is 9.50. The first-order valence-electron chi connectivity index (χ1n) is 4.57. The smallest absolute Gasteiger partial charge is 0.228 e. The summed E-state index contributed by atoms with van der Waals surface area (Å²) in [6.07, 6.45) is 0.427.